The standard InChI is InChI=1S/C19H16N4O4/c24-18-12-27-17-7-6-13(19(25)21-26)10-16(17)22(18)11-14-8-9-23(20-14)15-4-2-1-3-5-15/h1-10,26H,11-12H2,(H,21,25). The summed E-state index contributed by atoms with van der Waals surface area (Å²) in [6, 6.07) is 16.1. The molecule has 4 rings (SSSR count). The number of hydrogen-bond donors (Lipinski definition) is 2. The third kappa shape index (κ3) is 3.25. The van der Waals surface area contributed by atoms with Gasteiger partial charge < -0.3 is 4.74 Å². The molecule has 8 nitrogen and oxygen atoms in total. The number of hydrogen-bond acceptors (Lipinski definition) is 5. The van der Waals surface area contributed by atoms with Crippen molar-refractivity contribution in [2.24, 2.45) is 0 Å². The van der Waals surface area contributed by atoms with Crippen LogP contribution >= 0.6 is 0 Å². The molecule has 0 saturated carbocycles. The van der Waals surface area contributed by atoms with Crippen LogP contribution in [-0.4, -0.2) is 33.4 Å². The largest absolute Gasteiger partial charge is 0.482 e. The lowest BCUT2D eigenvalue weighted by atomic mass is 10.1. The van der Waals surface area contributed by atoms with E-state index in [1.807, 2.05) is 42.6 Å². The zero-order chi connectivity index (χ0) is 18.8. The van der Waals surface area contributed by atoms with Gasteiger partial charge >= 0.3 is 0 Å². The van der Waals surface area contributed by atoms with Gasteiger partial charge in [-0.05, 0) is 36.4 Å². The third-order valence-corrected chi connectivity index (χ3v) is 4.25. The summed E-state index contributed by atoms with van der Waals surface area (Å²) in [5, 5.41) is 13.4. The highest BCUT2D eigenvalue weighted by Crippen LogP contribution is 2.34. The number of hydroxylamine groups is 1. The Labute approximate surface area is 154 Å². The Morgan fingerprint density at radius 2 is 2.00 bits per heavy atom. The molecule has 2 aromatic carbocycles. The number of aromatic nitrogens is 2. The van der Waals surface area contributed by atoms with Gasteiger partial charge in [-0.25, -0.2) is 10.2 Å². The Hall–Kier alpha value is -3.65. The van der Waals surface area contributed by atoms with Crippen LogP contribution in [0.15, 0.2) is 60.8 Å². The summed E-state index contributed by atoms with van der Waals surface area (Å²) in [7, 11) is 0. The van der Waals surface area contributed by atoms with Crippen LogP contribution in [0.4, 0.5) is 5.69 Å². The van der Waals surface area contributed by atoms with E-state index in [4.69, 9.17) is 9.94 Å². The minimum Gasteiger partial charge on any atom is -0.482 e. The first-order chi connectivity index (χ1) is 13.2. The van der Waals surface area contributed by atoms with Crippen LogP contribution in [0.3, 0.4) is 0 Å². The first kappa shape index (κ1) is 16.8. The van der Waals surface area contributed by atoms with Crippen molar-refractivity contribution in [2.75, 3.05) is 11.5 Å². The van der Waals surface area contributed by atoms with Crippen molar-refractivity contribution in [2.45, 2.75) is 6.54 Å². The van der Waals surface area contributed by atoms with Gasteiger partial charge in [0.25, 0.3) is 11.8 Å². The molecule has 0 spiro atoms. The molecule has 2 N–H and O–H groups in total. The summed E-state index contributed by atoms with van der Waals surface area (Å²) < 4.78 is 7.17. The van der Waals surface area contributed by atoms with Gasteiger partial charge in [0.1, 0.15) is 5.75 Å². The molecule has 0 aliphatic carbocycles. The molecule has 2 heterocycles. The second kappa shape index (κ2) is 6.93. The predicted octanol–water partition coefficient (Wildman–Crippen LogP) is 1.92. The van der Waals surface area contributed by atoms with E-state index in [0.717, 1.165) is 5.69 Å². The number of ether oxygens (including phenoxy) is 1. The van der Waals surface area contributed by atoms with Crippen LogP contribution < -0.4 is 15.1 Å². The summed E-state index contributed by atoms with van der Waals surface area (Å²) >= 11 is 0. The topological polar surface area (TPSA) is 96.7 Å². The van der Waals surface area contributed by atoms with Gasteiger partial charge in [0, 0.05) is 11.8 Å². The molecule has 0 radical (unpaired) electrons. The Bertz CT molecular complexity index is 1000. The highest BCUT2D eigenvalue weighted by atomic mass is 16.5. The molecule has 27 heavy (non-hydrogen) atoms. The normalized spacial score (nSPS) is 13.1. The van der Waals surface area contributed by atoms with Crippen molar-refractivity contribution in [3.63, 3.8) is 0 Å². The van der Waals surface area contributed by atoms with Gasteiger partial charge in [0.05, 0.1) is 23.6 Å². The lowest BCUT2D eigenvalue weighted by molar-refractivity contribution is -0.121. The van der Waals surface area contributed by atoms with E-state index in [2.05, 4.69) is 5.10 Å². The maximum absolute atomic E-state index is 12.4. The molecule has 0 bridgehead atoms. The third-order valence-electron chi connectivity index (χ3n) is 4.25. The zero-order valence-electron chi connectivity index (χ0n) is 14.2. The smallest absolute Gasteiger partial charge is 0.274 e. The van der Waals surface area contributed by atoms with Gasteiger partial charge in [0.2, 0.25) is 0 Å². The van der Waals surface area contributed by atoms with E-state index in [-0.39, 0.29) is 24.6 Å². The Balaban J connectivity index is 1.64. The Morgan fingerprint density at radius 3 is 2.78 bits per heavy atom. The summed E-state index contributed by atoms with van der Waals surface area (Å²) in [5.41, 5.74) is 3.87. The molecular weight excluding hydrogens is 348 g/mol. The van der Waals surface area contributed by atoms with Crippen molar-refractivity contribution >= 4 is 17.5 Å². The number of amides is 2. The van der Waals surface area contributed by atoms with E-state index in [1.165, 1.54) is 17.0 Å². The van der Waals surface area contributed by atoms with Crippen LogP contribution in [0.25, 0.3) is 5.69 Å². The quantitative estimate of drug-likeness (QED) is 0.545. The van der Waals surface area contributed by atoms with Gasteiger partial charge in [0.15, 0.2) is 6.61 Å². The van der Waals surface area contributed by atoms with Crippen molar-refractivity contribution in [1.82, 2.24) is 15.3 Å². The first-order valence-corrected chi connectivity index (χ1v) is 8.27. The molecular formula is C19H16N4O4. The van der Waals surface area contributed by atoms with E-state index in [0.29, 0.717) is 17.1 Å². The molecule has 1 aliphatic rings. The maximum atomic E-state index is 12.4. The maximum Gasteiger partial charge on any atom is 0.274 e. The van der Waals surface area contributed by atoms with Crippen LogP contribution in [-0.2, 0) is 11.3 Å². The number of fused-ring (bicyclic) bond motifs is 1. The molecule has 0 unspecified atom stereocenters. The van der Waals surface area contributed by atoms with Crippen molar-refractivity contribution in [3.05, 3.63) is 72.1 Å². The van der Waals surface area contributed by atoms with Crippen molar-refractivity contribution < 1.29 is 19.5 Å². The van der Waals surface area contributed by atoms with Gasteiger partial charge in [-0.3, -0.25) is 19.7 Å². The lowest BCUT2D eigenvalue weighted by Crippen LogP contribution is -2.38. The molecule has 2 amide bonds. The minimum absolute atomic E-state index is 0.0854. The summed E-state index contributed by atoms with van der Waals surface area (Å²) in [4.78, 5) is 25.6. The van der Waals surface area contributed by atoms with Gasteiger partial charge in [-0.1, -0.05) is 18.2 Å². The molecule has 136 valence electrons. The fourth-order valence-electron chi connectivity index (χ4n) is 2.91. The summed E-state index contributed by atoms with van der Waals surface area (Å²) in [6.45, 7) is 0.150. The lowest BCUT2D eigenvalue weighted by Gasteiger charge is -2.29. The van der Waals surface area contributed by atoms with E-state index < -0.39 is 5.91 Å². The number of benzene rings is 2. The number of anilines is 1. The average Bonchev–Trinajstić information content (AvgIpc) is 3.18. The molecule has 3 aromatic rings. The van der Waals surface area contributed by atoms with Crippen LogP contribution in [0.2, 0.25) is 0 Å². The number of nitrogens with one attached hydrogen (secondary N) is 1. The molecule has 0 fully saturated rings. The fraction of sp³-hybridized carbons (Fsp3) is 0.105. The molecule has 0 atom stereocenters. The van der Waals surface area contributed by atoms with Gasteiger partial charge in [-0.15, -0.1) is 0 Å². The molecule has 1 aromatic heterocycles. The fourth-order valence-corrected chi connectivity index (χ4v) is 2.91. The van der Waals surface area contributed by atoms with Crippen LogP contribution in [0.1, 0.15) is 16.1 Å². The molecule has 0 saturated heterocycles. The number of carbonyl (C=O) groups is 2. The minimum atomic E-state index is -0.663. The van der Waals surface area contributed by atoms with Crippen molar-refractivity contribution in [1.29, 1.82) is 0 Å². The zero-order valence-corrected chi connectivity index (χ0v) is 14.2. The van der Waals surface area contributed by atoms with Gasteiger partial charge in [-0.2, -0.15) is 5.10 Å². The van der Waals surface area contributed by atoms with E-state index in [9.17, 15) is 9.59 Å². The highest BCUT2D eigenvalue weighted by molar-refractivity contribution is 6.00. The summed E-state index contributed by atoms with van der Waals surface area (Å²) in [5.74, 6) is -0.408. The van der Waals surface area contributed by atoms with E-state index >= 15 is 0 Å². The Morgan fingerprint density at radius 1 is 1.19 bits per heavy atom. The van der Waals surface area contributed by atoms with Crippen LogP contribution in [0.5, 0.6) is 5.75 Å². The second-order valence-electron chi connectivity index (χ2n) is 5.98. The van der Waals surface area contributed by atoms with Crippen molar-refractivity contribution in [3.8, 4) is 11.4 Å². The number of carbonyl (C=O) groups excluding carboxylic acids is 2. The first-order valence-electron chi connectivity index (χ1n) is 8.27. The number of nitrogens with zero attached hydrogens (tertiary/aromatic N) is 3. The monoisotopic (exact) mass is 364 g/mol. The summed E-state index contributed by atoms with van der Waals surface area (Å²) in [6.07, 6.45) is 1.83. The highest BCUT2D eigenvalue weighted by Gasteiger charge is 2.27. The van der Waals surface area contributed by atoms with Crippen LogP contribution in [0, 0.1) is 0 Å². The average molecular weight is 364 g/mol. The number of rotatable bonds is 4. The predicted molar refractivity (Wildman–Crippen MR) is 95.9 cm³/mol. The van der Waals surface area contributed by atoms with E-state index in [1.54, 1.807) is 16.2 Å². The SMILES string of the molecule is O=C(NO)c1ccc2c(c1)N(Cc1ccn(-c3ccccc3)n1)C(=O)CO2. The molecule has 1 aliphatic heterocycles. The second-order valence-corrected chi connectivity index (χ2v) is 5.98. The Kier molecular flexibility index (Phi) is 4.31. The number of para-hydroxylation sites is 1. The molecule has 8 heteroatoms.